The zero-order valence-corrected chi connectivity index (χ0v) is 16.7. The number of hydrogen-bond donors (Lipinski definition) is 3. The first kappa shape index (κ1) is 19.5. The lowest BCUT2D eigenvalue weighted by Gasteiger charge is -2.22. The lowest BCUT2D eigenvalue weighted by molar-refractivity contribution is -0.138. The van der Waals surface area contributed by atoms with Crippen LogP contribution in [0.25, 0.3) is 10.9 Å². The van der Waals surface area contributed by atoms with Crippen molar-refractivity contribution in [2.75, 3.05) is 7.11 Å². The summed E-state index contributed by atoms with van der Waals surface area (Å²) < 4.78 is 5.20. The van der Waals surface area contributed by atoms with Crippen LogP contribution in [-0.2, 0) is 21.5 Å². The Kier molecular flexibility index (Phi) is 4.91. The second-order valence-corrected chi connectivity index (χ2v) is 7.32. The summed E-state index contributed by atoms with van der Waals surface area (Å²) in [6.45, 7) is 1.60. The van der Waals surface area contributed by atoms with E-state index in [4.69, 9.17) is 4.74 Å². The SMILES string of the molecule is COc1cccc([C@]2(C)NC(=O)N(NC(=O)CCc3c[nH]c4ccccc34)C2=O)c1. The van der Waals surface area contributed by atoms with Gasteiger partial charge in [-0.15, -0.1) is 0 Å². The number of aromatic amines is 1. The molecule has 8 nitrogen and oxygen atoms in total. The number of carbonyl (C=O) groups is 3. The van der Waals surface area contributed by atoms with Gasteiger partial charge in [0.25, 0.3) is 5.91 Å². The normalized spacial score (nSPS) is 18.5. The Morgan fingerprint density at radius 2 is 1.97 bits per heavy atom. The smallest absolute Gasteiger partial charge is 0.344 e. The van der Waals surface area contributed by atoms with Crippen molar-refractivity contribution in [3.05, 3.63) is 65.9 Å². The maximum absolute atomic E-state index is 13.0. The van der Waals surface area contributed by atoms with Crippen molar-refractivity contribution in [1.82, 2.24) is 20.7 Å². The molecule has 0 unspecified atom stereocenters. The van der Waals surface area contributed by atoms with Crippen molar-refractivity contribution in [2.24, 2.45) is 0 Å². The summed E-state index contributed by atoms with van der Waals surface area (Å²) in [6, 6.07) is 14.0. The van der Waals surface area contributed by atoms with Gasteiger partial charge in [0.05, 0.1) is 7.11 Å². The van der Waals surface area contributed by atoms with Crippen LogP contribution in [0.1, 0.15) is 24.5 Å². The van der Waals surface area contributed by atoms with Gasteiger partial charge in [-0.25, -0.2) is 4.79 Å². The molecule has 1 fully saturated rings. The van der Waals surface area contributed by atoms with E-state index in [2.05, 4.69) is 15.7 Å². The number of imide groups is 1. The molecule has 2 aromatic carbocycles. The van der Waals surface area contributed by atoms with Crippen molar-refractivity contribution >= 4 is 28.7 Å². The van der Waals surface area contributed by atoms with Crippen LogP contribution in [0.2, 0.25) is 0 Å². The summed E-state index contributed by atoms with van der Waals surface area (Å²) in [4.78, 5) is 41.0. The molecule has 3 aromatic rings. The number of hydrazine groups is 1. The molecule has 154 valence electrons. The number of nitrogens with zero attached hydrogens (tertiary/aromatic N) is 1. The largest absolute Gasteiger partial charge is 0.497 e. The minimum Gasteiger partial charge on any atom is -0.497 e. The third-order valence-electron chi connectivity index (χ3n) is 5.37. The van der Waals surface area contributed by atoms with E-state index in [-0.39, 0.29) is 6.42 Å². The number of aryl methyl sites for hydroxylation is 1. The molecule has 0 bridgehead atoms. The number of benzene rings is 2. The highest BCUT2D eigenvalue weighted by Crippen LogP contribution is 2.30. The summed E-state index contributed by atoms with van der Waals surface area (Å²) in [6.07, 6.45) is 2.48. The van der Waals surface area contributed by atoms with Crippen molar-refractivity contribution in [3.63, 3.8) is 0 Å². The molecular weight excluding hydrogens is 384 g/mol. The molecule has 4 rings (SSSR count). The summed E-state index contributed by atoms with van der Waals surface area (Å²) in [5.41, 5.74) is 3.70. The van der Waals surface area contributed by atoms with Gasteiger partial charge < -0.3 is 15.0 Å². The number of para-hydroxylation sites is 1. The number of nitrogens with one attached hydrogen (secondary N) is 3. The number of hydrogen-bond acceptors (Lipinski definition) is 4. The van der Waals surface area contributed by atoms with Gasteiger partial charge in [0, 0.05) is 23.5 Å². The van der Waals surface area contributed by atoms with Crippen LogP contribution >= 0.6 is 0 Å². The van der Waals surface area contributed by atoms with Crippen molar-refractivity contribution < 1.29 is 19.1 Å². The quantitative estimate of drug-likeness (QED) is 0.548. The number of aromatic nitrogens is 1. The van der Waals surface area contributed by atoms with E-state index in [1.165, 1.54) is 7.11 Å². The Bertz CT molecular complexity index is 1140. The monoisotopic (exact) mass is 406 g/mol. The van der Waals surface area contributed by atoms with Gasteiger partial charge in [0.15, 0.2) is 0 Å². The van der Waals surface area contributed by atoms with Crippen LogP contribution < -0.4 is 15.5 Å². The third kappa shape index (κ3) is 3.36. The average Bonchev–Trinajstić information content (AvgIpc) is 3.27. The van der Waals surface area contributed by atoms with E-state index in [0.29, 0.717) is 17.7 Å². The molecule has 1 atom stereocenters. The number of carbonyl (C=O) groups excluding carboxylic acids is 3. The molecule has 1 aliphatic rings. The standard InChI is InChI=1S/C22H22N4O4/c1-22(15-6-5-7-16(12-15)30-2)20(28)26(21(29)24-22)25-19(27)11-10-14-13-23-18-9-4-3-8-17(14)18/h3-9,12-13,23H,10-11H2,1-2H3,(H,24,29)(H,25,27)/t22-/m0/s1. The van der Waals surface area contributed by atoms with E-state index >= 15 is 0 Å². The average molecular weight is 406 g/mol. The van der Waals surface area contributed by atoms with Crippen LogP contribution in [-0.4, -0.2) is 34.9 Å². The molecular formula is C22H22N4O4. The van der Waals surface area contributed by atoms with Gasteiger partial charge in [-0.05, 0) is 42.7 Å². The molecule has 1 aromatic heterocycles. The first-order valence-electron chi connectivity index (χ1n) is 9.58. The highest BCUT2D eigenvalue weighted by Gasteiger charge is 2.50. The molecule has 3 N–H and O–H groups in total. The predicted octanol–water partition coefficient (Wildman–Crippen LogP) is 2.61. The van der Waals surface area contributed by atoms with Gasteiger partial charge in [-0.1, -0.05) is 30.3 Å². The van der Waals surface area contributed by atoms with Gasteiger partial charge in [-0.3, -0.25) is 15.0 Å². The minimum absolute atomic E-state index is 0.134. The first-order valence-corrected chi connectivity index (χ1v) is 9.58. The minimum atomic E-state index is -1.30. The molecule has 1 aliphatic heterocycles. The summed E-state index contributed by atoms with van der Waals surface area (Å²) in [5, 5.41) is 4.45. The van der Waals surface area contributed by atoms with Crippen LogP contribution in [0, 0.1) is 0 Å². The molecule has 8 heteroatoms. The van der Waals surface area contributed by atoms with Crippen LogP contribution in [0.15, 0.2) is 54.7 Å². The van der Waals surface area contributed by atoms with Gasteiger partial charge in [0.2, 0.25) is 5.91 Å². The maximum atomic E-state index is 13.0. The lowest BCUT2D eigenvalue weighted by atomic mass is 9.92. The predicted molar refractivity (Wildman–Crippen MR) is 110 cm³/mol. The molecule has 0 saturated carbocycles. The van der Waals surface area contributed by atoms with E-state index in [0.717, 1.165) is 21.5 Å². The fourth-order valence-electron chi connectivity index (χ4n) is 3.64. The fourth-order valence-corrected chi connectivity index (χ4v) is 3.64. The third-order valence-corrected chi connectivity index (χ3v) is 5.37. The number of methoxy groups -OCH3 is 1. The van der Waals surface area contributed by atoms with E-state index < -0.39 is 23.4 Å². The molecule has 0 spiro atoms. The number of ether oxygens (including phenoxy) is 1. The van der Waals surface area contributed by atoms with Crippen LogP contribution in [0.5, 0.6) is 5.75 Å². The molecule has 30 heavy (non-hydrogen) atoms. The maximum Gasteiger partial charge on any atom is 0.344 e. The van der Waals surface area contributed by atoms with Crippen LogP contribution in [0.3, 0.4) is 0 Å². The Morgan fingerprint density at radius 3 is 2.77 bits per heavy atom. The molecule has 0 aliphatic carbocycles. The zero-order valence-electron chi connectivity index (χ0n) is 16.7. The van der Waals surface area contributed by atoms with E-state index in [1.54, 1.807) is 31.2 Å². The number of H-pyrrole nitrogens is 1. The van der Waals surface area contributed by atoms with Crippen molar-refractivity contribution in [2.45, 2.75) is 25.3 Å². The molecule has 4 amide bonds. The number of rotatable bonds is 6. The molecule has 0 radical (unpaired) electrons. The second-order valence-electron chi connectivity index (χ2n) is 7.32. The highest BCUT2D eigenvalue weighted by atomic mass is 16.5. The Balaban J connectivity index is 1.44. The van der Waals surface area contributed by atoms with Crippen LogP contribution in [0.4, 0.5) is 4.79 Å². The fraction of sp³-hybridized carbons (Fsp3) is 0.227. The summed E-state index contributed by atoms with van der Waals surface area (Å²) >= 11 is 0. The molecule has 1 saturated heterocycles. The number of fused-ring (bicyclic) bond motifs is 1. The summed E-state index contributed by atoms with van der Waals surface area (Å²) in [5.74, 6) is -0.406. The first-order chi connectivity index (χ1) is 14.4. The van der Waals surface area contributed by atoms with Gasteiger partial charge >= 0.3 is 6.03 Å². The van der Waals surface area contributed by atoms with Gasteiger partial charge in [-0.2, -0.15) is 5.01 Å². The van der Waals surface area contributed by atoms with Gasteiger partial charge in [0.1, 0.15) is 11.3 Å². The van der Waals surface area contributed by atoms with Crippen molar-refractivity contribution in [1.29, 1.82) is 0 Å². The zero-order chi connectivity index (χ0) is 21.3. The Hall–Kier alpha value is -3.81. The Morgan fingerprint density at radius 1 is 1.17 bits per heavy atom. The highest BCUT2D eigenvalue weighted by molar-refractivity contribution is 6.08. The topological polar surface area (TPSA) is 104 Å². The Labute approximate surface area is 173 Å². The van der Waals surface area contributed by atoms with E-state index in [9.17, 15) is 14.4 Å². The molecule has 2 heterocycles. The van der Waals surface area contributed by atoms with E-state index in [1.807, 2.05) is 30.5 Å². The second kappa shape index (κ2) is 7.55. The van der Waals surface area contributed by atoms with Crippen molar-refractivity contribution in [3.8, 4) is 5.75 Å². The number of urea groups is 1. The number of amides is 4. The lowest BCUT2D eigenvalue weighted by Crippen LogP contribution is -2.48. The summed E-state index contributed by atoms with van der Waals surface area (Å²) in [7, 11) is 1.52.